The summed E-state index contributed by atoms with van der Waals surface area (Å²) in [5, 5.41) is 5.10. The van der Waals surface area contributed by atoms with Gasteiger partial charge in [0, 0.05) is 22.1 Å². The molecular formula is C20H16BrN4O4S+. The number of nitrogens with zero attached hydrogens (tertiary/aromatic N) is 3. The van der Waals surface area contributed by atoms with E-state index in [1.54, 1.807) is 15.6 Å². The third-order valence-electron chi connectivity index (χ3n) is 5.04. The van der Waals surface area contributed by atoms with Gasteiger partial charge in [0.15, 0.2) is 11.5 Å². The van der Waals surface area contributed by atoms with E-state index in [9.17, 15) is 9.59 Å². The summed E-state index contributed by atoms with van der Waals surface area (Å²) in [6.45, 7) is 1.65. The standard InChI is InChI=1S/C20H15BrN4O4S/c1-10(26)24-14-5-4-12(21)8-13(14)17-18(27)22-20(30-2)23-25(17)19(24)11-3-6-15-16(7-11)29-9-28-15/h3-8,19H,9H2,1-2H3/p+1/t19-/m0/s1. The van der Waals surface area contributed by atoms with E-state index >= 15 is 0 Å². The molecule has 2 aromatic carbocycles. The fraction of sp³-hybridized carbons (Fsp3) is 0.200. The Morgan fingerprint density at radius 3 is 2.83 bits per heavy atom. The molecule has 0 spiro atoms. The summed E-state index contributed by atoms with van der Waals surface area (Å²) in [7, 11) is 0. The Labute approximate surface area is 183 Å². The lowest BCUT2D eigenvalue weighted by atomic mass is 10.0. The van der Waals surface area contributed by atoms with Crippen LogP contribution in [0, 0.1) is 0 Å². The molecule has 1 amide bonds. The highest BCUT2D eigenvalue weighted by Gasteiger charge is 2.45. The lowest BCUT2D eigenvalue weighted by Crippen LogP contribution is -2.60. The molecule has 1 N–H and O–H groups in total. The summed E-state index contributed by atoms with van der Waals surface area (Å²) in [5.74, 6) is 1.06. The van der Waals surface area contributed by atoms with Crippen molar-refractivity contribution < 1.29 is 19.0 Å². The van der Waals surface area contributed by atoms with E-state index < -0.39 is 6.17 Å². The van der Waals surface area contributed by atoms with Crippen LogP contribution in [0.1, 0.15) is 18.7 Å². The number of nitrogens with one attached hydrogen (secondary N) is 1. The maximum Gasteiger partial charge on any atom is 0.325 e. The number of H-pyrrole nitrogens is 1. The molecule has 10 heteroatoms. The van der Waals surface area contributed by atoms with Crippen molar-refractivity contribution in [2.24, 2.45) is 0 Å². The van der Waals surface area contributed by atoms with E-state index in [1.807, 2.05) is 36.6 Å². The molecule has 1 aromatic heterocycles. The number of carbonyl (C=O) groups is 1. The number of fused-ring (bicyclic) bond motifs is 4. The molecule has 0 radical (unpaired) electrons. The molecule has 5 rings (SSSR count). The van der Waals surface area contributed by atoms with Crippen LogP contribution in [0.3, 0.4) is 0 Å². The van der Waals surface area contributed by atoms with Crippen LogP contribution in [0.5, 0.6) is 11.5 Å². The second-order valence-corrected chi connectivity index (χ2v) is 8.50. The predicted octanol–water partition coefficient (Wildman–Crippen LogP) is 2.85. The number of amides is 1. The van der Waals surface area contributed by atoms with Crippen LogP contribution < -0.4 is 24.6 Å². The van der Waals surface area contributed by atoms with Gasteiger partial charge in [0.05, 0.1) is 11.3 Å². The van der Waals surface area contributed by atoms with E-state index in [4.69, 9.17) is 9.47 Å². The molecule has 3 heterocycles. The lowest BCUT2D eigenvalue weighted by molar-refractivity contribution is -0.763. The SMILES string of the molecule is CSc1n[n+]2c(c(=O)[nH]1)-c1cc(Br)ccc1N(C(C)=O)[C@@H]2c1ccc2c(c1)OCO2. The third-order valence-corrected chi connectivity index (χ3v) is 6.10. The van der Waals surface area contributed by atoms with Gasteiger partial charge in [-0.1, -0.05) is 27.7 Å². The minimum Gasteiger partial charge on any atom is -0.454 e. The van der Waals surface area contributed by atoms with Crippen molar-refractivity contribution in [1.29, 1.82) is 0 Å². The number of hydrogen-bond acceptors (Lipinski definition) is 6. The van der Waals surface area contributed by atoms with E-state index in [0.717, 1.165) is 10.0 Å². The maximum atomic E-state index is 13.1. The van der Waals surface area contributed by atoms with Gasteiger partial charge in [-0.05, 0) is 47.3 Å². The van der Waals surface area contributed by atoms with E-state index in [0.29, 0.717) is 33.6 Å². The van der Waals surface area contributed by atoms with Gasteiger partial charge in [-0.15, -0.1) is 0 Å². The Bertz CT molecular complexity index is 1260. The van der Waals surface area contributed by atoms with Gasteiger partial charge in [-0.3, -0.25) is 14.6 Å². The number of hydrogen-bond donors (Lipinski definition) is 1. The van der Waals surface area contributed by atoms with Gasteiger partial charge in [0.2, 0.25) is 17.9 Å². The number of rotatable bonds is 2. The van der Waals surface area contributed by atoms with E-state index in [1.165, 1.54) is 18.7 Å². The molecule has 0 fully saturated rings. The lowest BCUT2D eigenvalue weighted by Gasteiger charge is -2.31. The molecule has 152 valence electrons. The second kappa shape index (κ2) is 7.13. The van der Waals surface area contributed by atoms with Gasteiger partial charge >= 0.3 is 11.3 Å². The van der Waals surface area contributed by atoms with Crippen LogP contribution >= 0.6 is 27.7 Å². The third kappa shape index (κ3) is 2.90. The Kier molecular flexibility index (Phi) is 4.55. The monoisotopic (exact) mass is 487 g/mol. The zero-order chi connectivity index (χ0) is 21.0. The molecule has 8 nitrogen and oxygen atoms in total. The fourth-order valence-electron chi connectivity index (χ4n) is 3.80. The number of benzene rings is 2. The van der Waals surface area contributed by atoms with Crippen molar-refractivity contribution >= 4 is 39.3 Å². The Balaban J connectivity index is 1.84. The topological polar surface area (TPSA) is 88.4 Å². The Hall–Kier alpha value is -2.85. The van der Waals surface area contributed by atoms with Crippen LogP contribution in [0.25, 0.3) is 11.3 Å². The number of anilines is 1. The minimum absolute atomic E-state index is 0.148. The van der Waals surface area contributed by atoms with Gasteiger partial charge in [0.1, 0.15) is 0 Å². The summed E-state index contributed by atoms with van der Waals surface area (Å²) in [6, 6.07) is 11.0. The highest BCUT2D eigenvalue weighted by Crippen LogP contribution is 2.41. The summed E-state index contributed by atoms with van der Waals surface area (Å²) < 4.78 is 13.4. The largest absolute Gasteiger partial charge is 0.454 e. The molecule has 0 saturated carbocycles. The molecule has 1 atom stereocenters. The molecule has 0 saturated heterocycles. The first kappa shape index (κ1) is 19.1. The van der Waals surface area contributed by atoms with Crippen molar-refractivity contribution in [2.75, 3.05) is 17.9 Å². The van der Waals surface area contributed by atoms with Gasteiger partial charge in [-0.25, -0.2) is 4.90 Å². The normalized spacial score (nSPS) is 16.2. The van der Waals surface area contributed by atoms with Gasteiger partial charge < -0.3 is 9.47 Å². The maximum absolute atomic E-state index is 13.1. The first-order valence-electron chi connectivity index (χ1n) is 9.07. The molecular weight excluding hydrogens is 472 g/mol. The number of halogens is 1. The van der Waals surface area contributed by atoms with Gasteiger partial charge in [-0.2, -0.15) is 0 Å². The molecule has 0 aliphatic carbocycles. The zero-order valence-electron chi connectivity index (χ0n) is 16.0. The zero-order valence-corrected chi connectivity index (χ0v) is 18.4. The first-order valence-corrected chi connectivity index (χ1v) is 11.1. The average molecular weight is 488 g/mol. The van der Waals surface area contributed by atoms with Crippen LogP contribution in [-0.4, -0.2) is 29.0 Å². The number of thioether (sulfide) groups is 1. The molecule has 2 aliphatic rings. The molecule has 0 bridgehead atoms. The Morgan fingerprint density at radius 2 is 2.07 bits per heavy atom. The van der Waals surface area contributed by atoms with Crippen molar-refractivity contribution in [3.63, 3.8) is 0 Å². The van der Waals surface area contributed by atoms with Crippen LogP contribution in [-0.2, 0) is 4.79 Å². The summed E-state index contributed by atoms with van der Waals surface area (Å²) in [6.07, 6.45) is 1.17. The average Bonchev–Trinajstić information content (AvgIpc) is 3.19. The Morgan fingerprint density at radius 1 is 1.27 bits per heavy atom. The summed E-state index contributed by atoms with van der Waals surface area (Å²) >= 11 is 4.79. The van der Waals surface area contributed by atoms with E-state index in [2.05, 4.69) is 26.0 Å². The summed E-state index contributed by atoms with van der Waals surface area (Å²) in [5.41, 5.74) is 2.11. The summed E-state index contributed by atoms with van der Waals surface area (Å²) in [4.78, 5) is 30.4. The van der Waals surface area contributed by atoms with Crippen molar-refractivity contribution in [1.82, 2.24) is 10.1 Å². The fourth-order valence-corrected chi connectivity index (χ4v) is 4.53. The minimum atomic E-state index is -0.658. The number of ether oxygens (including phenoxy) is 2. The molecule has 30 heavy (non-hydrogen) atoms. The van der Waals surface area contributed by atoms with Gasteiger partial charge in [0.25, 0.3) is 6.17 Å². The highest BCUT2D eigenvalue weighted by atomic mass is 79.9. The first-order chi connectivity index (χ1) is 14.5. The highest BCUT2D eigenvalue weighted by molar-refractivity contribution is 9.10. The van der Waals surface area contributed by atoms with Crippen molar-refractivity contribution in [3.8, 4) is 22.8 Å². The smallest absolute Gasteiger partial charge is 0.325 e. The van der Waals surface area contributed by atoms with Crippen LogP contribution in [0.15, 0.2) is 50.8 Å². The second-order valence-electron chi connectivity index (χ2n) is 6.79. The molecule has 0 unspecified atom stereocenters. The molecule has 2 aliphatic heterocycles. The quantitative estimate of drug-likeness (QED) is 0.441. The number of aromatic amines is 1. The number of aromatic nitrogens is 3. The van der Waals surface area contributed by atoms with Crippen LogP contribution in [0.4, 0.5) is 5.69 Å². The van der Waals surface area contributed by atoms with E-state index in [-0.39, 0.29) is 18.3 Å². The predicted molar refractivity (Wildman–Crippen MR) is 114 cm³/mol. The number of carbonyl (C=O) groups excluding carboxylic acids is 1. The van der Waals surface area contributed by atoms with Crippen molar-refractivity contribution in [2.45, 2.75) is 18.2 Å². The van der Waals surface area contributed by atoms with Crippen LogP contribution in [0.2, 0.25) is 0 Å². The van der Waals surface area contributed by atoms with Crippen molar-refractivity contribution in [3.05, 3.63) is 56.8 Å². The molecule has 3 aromatic rings.